The van der Waals surface area contributed by atoms with Crippen LogP contribution in [0, 0.1) is 0 Å². The summed E-state index contributed by atoms with van der Waals surface area (Å²) in [4.78, 5) is 12.3. The normalized spacial score (nSPS) is 11.3. The topological polar surface area (TPSA) is 102 Å². The summed E-state index contributed by atoms with van der Waals surface area (Å²) in [6.07, 6.45) is 1.19. The molecule has 1 aromatic heterocycles. The van der Waals surface area contributed by atoms with E-state index >= 15 is 0 Å². The fraction of sp³-hybridized carbons (Fsp3) is 0.118. The number of halogens is 1. The van der Waals surface area contributed by atoms with Gasteiger partial charge < -0.3 is 4.42 Å². The Balaban J connectivity index is 1.64. The van der Waals surface area contributed by atoms with E-state index in [2.05, 4.69) is 31.4 Å². The van der Waals surface area contributed by atoms with Gasteiger partial charge in [-0.2, -0.15) is 0 Å². The van der Waals surface area contributed by atoms with Crippen molar-refractivity contribution >= 4 is 37.7 Å². The van der Waals surface area contributed by atoms with E-state index in [0.717, 1.165) is 16.3 Å². The molecular formula is C17H14BrN3O4S. The first-order valence-electron chi connectivity index (χ1n) is 7.49. The van der Waals surface area contributed by atoms with Crippen LogP contribution in [-0.2, 0) is 21.1 Å². The molecule has 0 aliphatic carbocycles. The third-order valence-corrected chi connectivity index (χ3v) is 5.14. The van der Waals surface area contributed by atoms with E-state index in [1.807, 2.05) is 24.3 Å². The molecule has 0 aliphatic heterocycles. The third-order valence-electron chi connectivity index (χ3n) is 3.48. The summed E-state index contributed by atoms with van der Waals surface area (Å²) in [5.41, 5.74) is 1.40. The largest absolute Gasteiger partial charge is 0.403 e. The predicted molar refractivity (Wildman–Crippen MR) is 99.3 cm³/mol. The summed E-state index contributed by atoms with van der Waals surface area (Å²) < 4.78 is 29.2. The second kappa shape index (κ2) is 7.38. The minimum Gasteiger partial charge on any atom is -0.403 e. The first-order chi connectivity index (χ1) is 12.3. The van der Waals surface area contributed by atoms with Gasteiger partial charge in [-0.1, -0.05) is 33.2 Å². The summed E-state index contributed by atoms with van der Waals surface area (Å²) in [5, 5.41) is 10.2. The van der Waals surface area contributed by atoms with Gasteiger partial charge in [0.15, 0.2) is 9.84 Å². The van der Waals surface area contributed by atoms with E-state index in [0.29, 0.717) is 11.5 Å². The standard InChI is InChI=1S/C17H14BrN3O4S/c1-26(23,24)14-8-2-11(3-9-14)10-15(22)19-17-21-20-16(25-17)12-4-6-13(18)7-5-12/h2-9H,10H2,1H3,(H,19,21,22). The molecule has 26 heavy (non-hydrogen) atoms. The van der Waals surface area contributed by atoms with Crippen molar-refractivity contribution in [2.45, 2.75) is 11.3 Å². The molecule has 0 saturated carbocycles. The van der Waals surface area contributed by atoms with E-state index in [1.165, 1.54) is 12.1 Å². The average molecular weight is 436 g/mol. The van der Waals surface area contributed by atoms with Crippen molar-refractivity contribution in [3.63, 3.8) is 0 Å². The zero-order valence-electron chi connectivity index (χ0n) is 13.6. The molecule has 3 rings (SSSR count). The van der Waals surface area contributed by atoms with Gasteiger partial charge >= 0.3 is 6.01 Å². The molecule has 2 aromatic carbocycles. The number of amides is 1. The van der Waals surface area contributed by atoms with Crippen molar-refractivity contribution in [1.29, 1.82) is 0 Å². The van der Waals surface area contributed by atoms with Crippen LogP contribution in [0.5, 0.6) is 0 Å². The lowest BCUT2D eigenvalue weighted by molar-refractivity contribution is -0.115. The quantitative estimate of drug-likeness (QED) is 0.660. The Morgan fingerprint density at radius 2 is 1.73 bits per heavy atom. The smallest absolute Gasteiger partial charge is 0.322 e. The van der Waals surface area contributed by atoms with E-state index in [4.69, 9.17) is 4.42 Å². The Labute approximate surface area is 158 Å². The zero-order valence-corrected chi connectivity index (χ0v) is 16.0. The monoisotopic (exact) mass is 435 g/mol. The van der Waals surface area contributed by atoms with Crippen molar-refractivity contribution in [3.05, 3.63) is 58.6 Å². The lowest BCUT2D eigenvalue weighted by Gasteiger charge is -2.03. The molecule has 0 bridgehead atoms. The Morgan fingerprint density at radius 1 is 1.08 bits per heavy atom. The fourth-order valence-electron chi connectivity index (χ4n) is 2.19. The molecule has 0 atom stereocenters. The Hall–Kier alpha value is -2.52. The first kappa shape index (κ1) is 18.3. The highest BCUT2D eigenvalue weighted by Crippen LogP contribution is 2.22. The van der Waals surface area contributed by atoms with Gasteiger partial charge in [0, 0.05) is 16.3 Å². The van der Waals surface area contributed by atoms with Crippen LogP contribution >= 0.6 is 15.9 Å². The lowest BCUT2D eigenvalue weighted by atomic mass is 10.1. The van der Waals surface area contributed by atoms with Crippen LogP contribution in [0.1, 0.15) is 5.56 Å². The molecule has 9 heteroatoms. The molecule has 0 fully saturated rings. The minimum absolute atomic E-state index is 0.000625. The summed E-state index contributed by atoms with van der Waals surface area (Å²) >= 11 is 3.35. The van der Waals surface area contributed by atoms with Gasteiger partial charge in [-0.15, -0.1) is 5.10 Å². The molecule has 0 unspecified atom stereocenters. The Morgan fingerprint density at radius 3 is 2.35 bits per heavy atom. The van der Waals surface area contributed by atoms with Crippen LogP contribution in [0.4, 0.5) is 6.01 Å². The van der Waals surface area contributed by atoms with E-state index < -0.39 is 9.84 Å². The Bertz CT molecular complexity index is 1030. The molecule has 0 spiro atoms. The number of carbonyl (C=O) groups excluding carboxylic acids is 1. The highest BCUT2D eigenvalue weighted by atomic mass is 79.9. The van der Waals surface area contributed by atoms with Crippen LogP contribution in [0.25, 0.3) is 11.5 Å². The number of anilines is 1. The number of rotatable bonds is 5. The maximum atomic E-state index is 12.1. The van der Waals surface area contributed by atoms with Crippen molar-refractivity contribution in [2.24, 2.45) is 0 Å². The van der Waals surface area contributed by atoms with Crippen LogP contribution in [0.2, 0.25) is 0 Å². The van der Waals surface area contributed by atoms with Crippen molar-refractivity contribution in [2.75, 3.05) is 11.6 Å². The molecule has 1 amide bonds. The second-order valence-corrected chi connectivity index (χ2v) is 8.49. The predicted octanol–water partition coefficient (Wildman–Crippen LogP) is 3.08. The van der Waals surface area contributed by atoms with E-state index in [-0.39, 0.29) is 23.2 Å². The lowest BCUT2D eigenvalue weighted by Crippen LogP contribution is -2.14. The Kier molecular flexibility index (Phi) is 5.19. The molecule has 0 aliphatic rings. The molecule has 3 aromatic rings. The van der Waals surface area contributed by atoms with Gasteiger partial charge in [-0.05, 0) is 42.0 Å². The highest BCUT2D eigenvalue weighted by molar-refractivity contribution is 9.10. The molecule has 0 radical (unpaired) electrons. The van der Waals surface area contributed by atoms with Crippen LogP contribution in [-0.4, -0.2) is 30.8 Å². The number of benzene rings is 2. The third kappa shape index (κ3) is 4.55. The van der Waals surface area contributed by atoms with E-state index in [9.17, 15) is 13.2 Å². The minimum atomic E-state index is -3.26. The molecule has 1 heterocycles. The number of hydrogen-bond donors (Lipinski definition) is 1. The van der Waals surface area contributed by atoms with Gasteiger partial charge in [-0.3, -0.25) is 10.1 Å². The van der Waals surface area contributed by atoms with Gasteiger partial charge in [-0.25, -0.2) is 8.42 Å². The molecule has 0 saturated heterocycles. The van der Waals surface area contributed by atoms with Gasteiger partial charge in [0.1, 0.15) is 0 Å². The van der Waals surface area contributed by atoms with Crippen molar-refractivity contribution in [3.8, 4) is 11.5 Å². The highest BCUT2D eigenvalue weighted by Gasteiger charge is 2.13. The summed E-state index contributed by atoms with van der Waals surface area (Å²) in [7, 11) is -3.26. The van der Waals surface area contributed by atoms with Crippen LogP contribution < -0.4 is 5.32 Å². The van der Waals surface area contributed by atoms with Gasteiger partial charge in [0.05, 0.1) is 11.3 Å². The fourth-order valence-corrected chi connectivity index (χ4v) is 3.08. The van der Waals surface area contributed by atoms with Crippen molar-refractivity contribution in [1.82, 2.24) is 10.2 Å². The molecular weight excluding hydrogens is 422 g/mol. The summed E-state index contributed by atoms with van der Waals surface area (Å²) in [6, 6.07) is 13.4. The van der Waals surface area contributed by atoms with E-state index in [1.54, 1.807) is 12.1 Å². The number of carbonyl (C=O) groups is 1. The van der Waals surface area contributed by atoms with Gasteiger partial charge in [0.2, 0.25) is 11.8 Å². The molecule has 7 nitrogen and oxygen atoms in total. The van der Waals surface area contributed by atoms with Crippen LogP contribution in [0.15, 0.2) is 62.3 Å². The SMILES string of the molecule is CS(=O)(=O)c1ccc(CC(=O)Nc2nnc(-c3ccc(Br)cc3)o2)cc1. The molecule has 134 valence electrons. The summed E-state index contributed by atoms with van der Waals surface area (Å²) in [5.74, 6) is -0.0478. The number of nitrogens with one attached hydrogen (secondary N) is 1. The zero-order chi connectivity index (χ0) is 18.7. The van der Waals surface area contributed by atoms with Gasteiger partial charge in [0.25, 0.3) is 0 Å². The average Bonchev–Trinajstić information content (AvgIpc) is 3.03. The maximum Gasteiger partial charge on any atom is 0.322 e. The maximum absolute atomic E-state index is 12.1. The summed E-state index contributed by atoms with van der Waals surface area (Å²) in [6.45, 7) is 0. The number of aromatic nitrogens is 2. The number of nitrogens with zero attached hydrogens (tertiary/aromatic N) is 2. The van der Waals surface area contributed by atoms with Crippen molar-refractivity contribution < 1.29 is 17.6 Å². The first-order valence-corrected chi connectivity index (χ1v) is 10.2. The molecule has 1 N–H and O–H groups in total. The van der Waals surface area contributed by atoms with Crippen LogP contribution in [0.3, 0.4) is 0 Å². The second-order valence-electron chi connectivity index (χ2n) is 5.56. The number of sulfone groups is 1. The number of hydrogen-bond acceptors (Lipinski definition) is 6.